The smallest absolute Gasteiger partial charge is 0.272 e. The molecule has 2 amide bonds. The quantitative estimate of drug-likeness (QED) is 0.835. The number of carbonyl (C=O) groups excluding carboxylic acids is 2. The molecule has 2 rings (SSSR count). The molecule has 0 saturated carbocycles. The summed E-state index contributed by atoms with van der Waals surface area (Å²) in [7, 11) is 1.57. The predicted octanol–water partition coefficient (Wildman–Crippen LogP) is 2.81. The lowest BCUT2D eigenvalue weighted by molar-refractivity contribution is -0.120. The van der Waals surface area contributed by atoms with Crippen LogP contribution >= 0.6 is 0 Å². The minimum atomic E-state index is -0.394. The summed E-state index contributed by atoms with van der Waals surface area (Å²) >= 11 is 0. The van der Waals surface area contributed by atoms with Gasteiger partial charge in [0.05, 0.1) is 7.11 Å². The van der Waals surface area contributed by atoms with Crippen LogP contribution in [0.2, 0.25) is 0 Å². The van der Waals surface area contributed by atoms with Gasteiger partial charge in [-0.2, -0.15) is 0 Å². The molecule has 23 heavy (non-hydrogen) atoms. The third-order valence-corrected chi connectivity index (χ3v) is 3.01. The molecule has 0 bridgehead atoms. The SMILES string of the molecule is COc1ccc(NC(=O)/C(=C\c2ccccc2)NC(C)=O)cc1. The summed E-state index contributed by atoms with van der Waals surface area (Å²) in [6.45, 7) is 1.36. The number of hydrogen-bond acceptors (Lipinski definition) is 3. The fourth-order valence-corrected chi connectivity index (χ4v) is 1.94. The van der Waals surface area contributed by atoms with E-state index in [4.69, 9.17) is 4.74 Å². The summed E-state index contributed by atoms with van der Waals surface area (Å²) < 4.78 is 5.07. The van der Waals surface area contributed by atoms with Gasteiger partial charge in [0, 0.05) is 12.6 Å². The van der Waals surface area contributed by atoms with Crippen molar-refractivity contribution in [2.45, 2.75) is 6.92 Å². The molecule has 0 unspecified atom stereocenters. The van der Waals surface area contributed by atoms with E-state index < -0.39 is 5.91 Å². The lowest BCUT2D eigenvalue weighted by Crippen LogP contribution is -2.28. The molecule has 2 aromatic rings. The molecular formula is C18H18N2O3. The van der Waals surface area contributed by atoms with Gasteiger partial charge < -0.3 is 15.4 Å². The van der Waals surface area contributed by atoms with Gasteiger partial charge in [0.15, 0.2) is 0 Å². The van der Waals surface area contributed by atoms with Crippen LogP contribution in [0.4, 0.5) is 5.69 Å². The van der Waals surface area contributed by atoms with E-state index in [-0.39, 0.29) is 11.6 Å². The van der Waals surface area contributed by atoms with Crippen molar-refractivity contribution in [3.05, 3.63) is 65.9 Å². The summed E-state index contributed by atoms with van der Waals surface area (Å²) in [6.07, 6.45) is 1.63. The Morgan fingerprint density at radius 3 is 2.22 bits per heavy atom. The Bertz CT molecular complexity index is 707. The fourth-order valence-electron chi connectivity index (χ4n) is 1.94. The number of hydrogen-bond donors (Lipinski definition) is 2. The normalized spacial score (nSPS) is 10.8. The van der Waals surface area contributed by atoms with E-state index in [1.54, 1.807) is 37.5 Å². The summed E-state index contributed by atoms with van der Waals surface area (Å²) in [6, 6.07) is 16.2. The van der Waals surface area contributed by atoms with E-state index in [2.05, 4.69) is 10.6 Å². The lowest BCUT2D eigenvalue weighted by Gasteiger charge is -2.10. The average Bonchev–Trinajstić information content (AvgIpc) is 2.55. The molecule has 0 spiro atoms. The molecule has 2 N–H and O–H groups in total. The standard InChI is InChI=1S/C18H18N2O3/c1-13(21)19-17(12-14-6-4-3-5-7-14)18(22)20-15-8-10-16(23-2)11-9-15/h3-12H,1-2H3,(H,19,21)(H,20,22)/b17-12+. The van der Waals surface area contributed by atoms with E-state index in [0.717, 1.165) is 5.56 Å². The topological polar surface area (TPSA) is 67.4 Å². The molecule has 0 radical (unpaired) electrons. The second-order valence-electron chi connectivity index (χ2n) is 4.83. The van der Waals surface area contributed by atoms with Crippen molar-refractivity contribution < 1.29 is 14.3 Å². The van der Waals surface area contributed by atoms with Crippen molar-refractivity contribution in [1.29, 1.82) is 0 Å². The first kappa shape index (κ1) is 16.3. The number of ether oxygens (including phenoxy) is 1. The molecular weight excluding hydrogens is 292 g/mol. The molecule has 0 fully saturated rings. The molecule has 0 atom stereocenters. The monoisotopic (exact) mass is 310 g/mol. The number of rotatable bonds is 5. The Labute approximate surface area is 135 Å². The Morgan fingerprint density at radius 1 is 1.00 bits per heavy atom. The van der Waals surface area contributed by atoms with E-state index in [1.807, 2.05) is 30.3 Å². The largest absolute Gasteiger partial charge is 0.497 e. The average molecular weight is 310 g/mol. The number of methoxy groups -OCH3 is 1. The summed E-state index contributed by atoms with van der Waals surface area (Å²) in [5.41, 5.74) is 1.61. The minimum absolute atomic E-state index is 0.180. The highest BCUT2D eigenvalue weighted by molar-refractivity contribution is 6.08. The predicted molar refractivity (Wildman–Crippen MR) is 89.9 cm³/mol. The van der Waals surface area contributed by atoms with Crippen molar-refractivity contribution in [2.24, 2.45) is 0 Å². The molecule has 0 aliphatic heterocycles. The molecule has 0 heterocycles. The Hall–Kier alpha value is -3.08. The molecule has 0 aliphatic rings. The zero-order valence-corrected chi connectivity index (χ0v) is 13.0. The number of anilines is 1. The van der Waals surface area contributed by atoms with Crippen molar-refractivity contribution in [3.63, 3.8) is 0 Å². The van der Waals surface area contributed by atoms with Gasteiger partial charge in [-0.15, -0.1) is 0 Å². The summed E-state index contributed by atoms with van der Waals surface area (Å²) in [5, 5.41) is 5.30. The third-order valence-electron chi connectivity index (χ3n) is 3.01. The number of amides is 2. The second-order valence-corrected chi connectivity index (χ2v) is 4.83. The van der Waals surface area contributed by atoms with Gasteiger partial charge in [0.2, 0.25) is 5.91 Å². The van der Waals surface area contributed by atoms with Crippen LogP contribution in [0.1, 0.15) is 12.5 Å². The molecule has 2 aromatic carbocycles. The molecule has 118 valence electrons. The lowest BCUT2D eigenvalue weighted by atomic mass is 10.2. The van der Waals surface area contributed by atoms with Gasteiger partial charge in [-0.25, -0.2) is 0 Å². The first-order valence-corrected chi connectivity index (χ1v) is 7.08. The van der Waals surface area contributed by atoms with Gasteiger partial charge in [0.1, 0.15) is 11.4 Å². The minimum Gasteiger partial charge on any atom is -0.497 e. The van der Waals surface area contributed by atoms with Crippen molar-refractivity contribution in [3.8, 4) is 5.75 Å². The van der Waals surface area contributed by atoms with Crippen LogP contribution in [0.5, 0.6) is 5.75 Å². The van der Waals surface area contributed by atoms with Crippen molar-refractivity contribution in [1.82, 2.24) is 5.32 Å². The van der Waals surface area contributed by atoms with Crippen molar-refractivity contribution >= 4 is 23.6 Å². The molecule has 5 nitrogen and oxygen atoms in total. The Morgan fingerprint density at radius 2 is 1.65 bits per heavy atom. The van der Waals surface area contributed by atoms with Gasteiger partial charge in [0.25, 0.3) is 5.91 Å². The highest BCUT2D eigenvalue weighted by Crippen LogP contribution is 2.16. The number of carbonyl (C=O) groups is 2. The molecule has 5 heteroatoms. The maximum atomic E-state index is 12.4. The zero-order valence-electron chi connectivity index (χ0n) is 13.0. The fraction of sp³-hybridized carbons (Fsp3) is 0.111. The van der Waals surface area contributed by atoms with Gasteiger partial charge in [-0.1, -0.05) is 30.3 Å². The van der Waals surface area contributed by atoms with Crippen molar-refractivity contribution in [2.75, 3.05) is 12.4 Å². The van der Waals surface area contributed by atoms with Crippen LogP contribution in [-0.4, -0.2) is 18.9 Å². The van der Waals surface area contributed by atoms with E-state index >= 15 is 0 Å². The number of nitrogens with one attached hydrogen (secondary N) is 2. The highest BCUT2D eigenvalue weighted by atomic mass is 16.5. The van der Waals surface area contributed by atoms with Crippen LogP contribution in [0.25, 0.3) is 6.08 Å². The second kappa shape index (κ2) is 7.79. The summed E-state index contributed by atoms with van der Waals surface area (Å²) in [5.74, 6) is -0.00352. The third kappa shape index (κ3) is 5.00. The number of benzene rings is 2. The Balaban J connectivity index is 2.19. The maximum absolute atomic E-state index is 12.4. The van der Waals surface area contributed by atoms with E-state index in [1.165, 1.54) is 6.92 Å². The van der Waals surface area contributed by atoms with Gasteiger partial charge in [-0.3, -0.25) is 9.59 Å². The zero-order chi connectivity index (χ0) is 16.7. The van der Waals surface area contributed by atoms with Crippen LogP contribution in [0, 0.1) is 0 Å². The Kier molecular flexibility index (Phi) is 5.52. The van der Waals surface area contributed by atoms with Crippen LogP contribution < -0.4 is 15.4 Å². The molecule has 0 saturated heterocycles. The van der Waals surface area contributed by atoms with E-state index in [9.17, 15) is 9.59 Å². The molecule has 0 aromatic heterocycles. The van der Waals surface area contributed by atoms with E-state index in [0.29, 0.717) is 11.4 Å². The van der Waals surface area contributed by atoms with Gasteiger partial charge in [-0.05, 0) is 35.9 Å². The first-order chi connectivity index (χ1) is 11.1. The highest BCUT2D eigenvalue weighted by Gasteiger charge is 2.11. The van der Waals surface area contributed by atoms with Crippen LogP contribution in [0.3, 0.4) is 0 Å². The van der Waals surface area contributed by atoms with Crippen LogP contribution in [0.15, 0.2) is 60.3 Å². The first-order valence-electron chi connectivity index (χ1n) is 7.08. The molecule has 0 aliphatic carbocycles. The maximum Gasteiger partial charge on any atom is 0.272 e. The van der Waals surface area contributed by atoms with Gasteiger partial charge >= 0.3 is 0 Å². The van der Waals surface area contributed by atoms with Crippen LogP contribution in [-0.2, 0) is 9.59 Å². The summed E-state index contributed by atoms with van der Waals surface area (Å²) in [4.78, 5) is 23.7.